The number of carbonyl (C=O) groups excluding carboxylic acids is 1. The molecular weight excluding hydrogens is 322 g/mol. The fourth-order valence-electron chi connectivity index (χ4n) is 3.37. The van der Waals surface area contributed by atoms with Crippen LogP contribution in [0.1, 0.15) is 25.1 Å². The molecule has 132 valence electrons. The molecule has 2 fully saturated rings. The molecule has 0 aromatic carbocycles. The zero-order valence-corrected chi connectivity index (χ0v) is 14.1. The Kier molecular flexibility index (Phi) is 4.35. The Bertz CT molecular complexity index is 756. The van der Waals surface area contributed by atoms with Gasteiger partial charge in [-0.2, -0.15) is 4.98 Å². The van der Waals surface area contributed by atoms with Gasteiger partial charge in [-0.1, -0.05) is 5.16 Å². The Morgan fingerprint density at radius 2 is 2.32 bits per heavy atom. The highest BCUT2D eigenvalue weighted by Gasteiger charge is 2.30. The third-order valence-corrected chi connectivity index (χ3v) is 4.60. The van der Waals surface area contributed by atoms with Crippen LogP contribution in [-0.2, 0) is 9.53 Å². The molecule has 2 aliphatic heterocycles. The molecule has 2 unspecified atom stereocenters. The van der Waals surface area contributed by atoms with Crippen LogP contribution in [0.5, 0.6) is 0 Å². The predicted molar refractivity (Wildman–Crippen MR) is 90.0 cm³/mol. The summed E-state index contributed by atoms with van der Waals surface area (Å²) >= 11 is 0. The molecular formula is C17H21N5O3. The summed E-state index contributed by atoms with van der Waals surface area (Å²) in [6.45, 7) is 3.98. The van der Waals surface area contributed by atoms with Gasteiger partial charge in [-0.15, -0.1) is 0 Å². The molecule has 2 atom stereocenters. The van der Waals surface area contributed by atoms with E-state index in [-0.39, 0.29) is 18.1 Å². The fraction of sp³-hybridized carbons (Fsp3) is 0.529. The van der Waals surface area contributed by atoms with Crippen molar-refractivity contribution in [1.29, 1.82) is 0 Å². The summed E-state index contributed by atoms with van der Waals surface area (Å²) in [7, 11) is 0. The van der Waals surface area contributed by atoms with Gasteiger partial charge in [0.25, 0.3) is 5.89 Å². The number of rotatable bonds is 4. The first kappa shape index (κ1) is 16.0. The summed E-state index contributed by atoms with van der Waals surface area (Å²) in [5.74, 6) is 1.86. The summed E-state index contributed by atoms with van der Waals surface area (Å²) in [4.78, 5) is 23.2. The Morgan fingerprint density at radius 1 is 1.40 bits per heavy atom. The number of hydrogen-bond acceptors (Lipinski definition) is 7. The average Bonchev–Trinajstić information content (AvgIpc) is 3.36. The first-order chi connectivity index (χ1) is 12.2. The largest absolute Gasteiger partial charge is 0.368 e. The van der Waals surface area contributed by atoms with Crippen LogP contribution in [0.2, 0.25) is 0 Å². The first-order valence-electron chi connectivity index (χ1n) is 8.63. The third-order valence-electron chi connectivity index (χ3n) is 4.60. The molecule has 8 nitrogen and oxygen atoms in total. The number of aryl methyl sites for hydroxylation is 1. The predicted octanol–water partition coefficient (Wildman–Crippen LogP) is 1.31. The van der Waals surface area contributed by atoms with Gasteiger partial charge in [0.05, 0.1) is 5.56 Å². The minimum absolute atomic E-state index is 0.00174. The summed E-state index contributed by atoms with van der Waals surface area (Å²) < 4.78 is 10.7. The molecule has 4 heterocycles. The van der Waals surface area contributed by atoms with Crippen LogP contribution < -0.4 is 10.2 Å². The quantitative estimate of drug-likeness (QED) is 0.894. The van der Waals surface area contributed by atoms with Crippen LogP contribution in [0.15, 0.2) is 22.9 Å². The lowest BCUT2D eigenvalue weighted by Gasteiger charge is -2.20. The molecule has 0 spiro atoms. The summed E-state index contributed by atoms with van der Waals surface area (Å²) in [6, 6.07) is 3.87. The van der Waals surface area contributed by atoms with E-state index >= 15 is 0 Å². The monoisotopic (exact) mass is 343 g/mol. The second-order valence-electron chi connectivity index (χ2n) is 6.46. The van der Waals surface area contributed by atoms with Gasteiger partial charge in [-0.25, -0.2) is 4.98 Å². The van der Waals surface area contributed by atoms with Crippen molar-refractivity contribution in [3.8, 4) is 11.5 Å². The number of nitrogens with zero attached hydrogens (tertiary/aromatic N) is 4. The van der Waals surface area contributed by atoms with E-state index in [4.69, 9.17) is 9.26 Å². The second-order valence-corrected chi connectivity index (χ2v) is 6.46. The summed E-state index contributed by atoms with van der Waals surface area (Å²) in [5, 5.41) is 6.95. The van der Waals surface area contributed by atoms with Crippen LogP contribution in [0.4, 0.5) is 5.82 Å². The van der Waals surface area contributed by atoms with Gasteiger partial charge in [-0.05, 0) is 38.3 Å². The number of aromatic nitrogens is 3. The van der Waals surface area contributed by atoms with Crippen LogP contribution >= 0.6 is 0 Å². The van der Waals surface area contributed by atoms with Crippen LogP contribution in [0.3, 0.4) is 0 Å². The topological polar surface area (TPSA) is 93.4 Å². The molecule has 2 saturated heterocycles. The SMILES string of the molecule is Cc1noc(-c2cccnc2N2CCC(NC(=O)C3CCCO3)C2)n1. The zero-order valence-electron chi connectivity index (χ0n) is 14.1. The van der Waals surface area contributed by atoms with Crippen LogP contribution in [-0.4, -0.2) is 52.9 Å². The van der Waals surface area contributed by atoms with Crippen molar-refractivity contribution in [2.45, 2.75) is 38.3 Å². The molecule has 2 aromatic heterocycles. The van der Waals surface area contributed by atoms with Crippen LogP contribution in [0, 0.1) is 6.92 Å². The van der Waals surface area contributed by atoms with Gasteiger partial charge in [0.2, 0.25) is 5.91 Å². The van der Waals surface area contributed by atoms with Crippen LogP contribution in [0.25, 0.3) is 11.5 Å². The summed E-state index contributed by atoms with van der Waals surface area (Å²) in [5.41, 5.74) is 0.814. The van der Waals surface area contributed by atoms with Crippen molar-refractivity contribution in [2.24, 2.45) is 0 Å². The molecule has 2 aromatic rings. The van der Waals surface area contributed by atoms with Crippen molar-refractivity contribution in [3.63, 3.8) is 0 Å². The fourth-order valence-corrected chi connectivity index (χ4v) is 3.37. The van der Waals surface area contributed by atoms with E-state index in [9.17, 15) is 4.79 Å². The van der Waals surface area contributed by atoms with E-state index < -0.39 is 0 Å². The molecule has 25 heavy (non-hydrogen) atoms. The Balaban J connectivity index is 1.46. The van der Waals surface area contributed by atoms with Gasteiger partial charge < -0.3 is 19.5 Å². The minimum atomic E-state index is -0.291. The highest BCUT2D eigenvalue weighted by molar-refractivity contribution is 5.81. The van der Waals surface area contributed by atoms with Gasteiger partial charge >= 0.3 is 0 Å². The molecule has 2 aliphatic rings. The van der Waals surface area contributed by atoms with E-state index in [1.165, 1.54) is 0 Å². The van der Waals surface area contributed by atoms with E-state index in [1.54, 1.807) is 13.1 Å². The lowest BCUT2D eigenvalue weighted by Crippen LogP contribution is -2.42. The molecule has 1 N–H and O–H groups in total. The molecule has 1 amide bonds. The number of carbonyl (C=O) groups is 1. The minimum Gasteiger partial charge on any atom is -0.368 e. The highest BCUT2D eigenvalue weighted by Crippen LogP contribution is 2.29. The average molecular weight is 343 g/mol. The normalized spacial score (nSPS) is 23.2. The number of amides is 1. The van der Waals surface area contributed by atoms with E-state index in [2.05, 4.69) is 25.3 Å². The number of hydrogen-bond donors (Lipinski definition) is 1. The molecule has 0 bridgehead atoms. The molecule has 8 heteroatoms. The number of nitrogens with one attached hydrogen (secondary N) is 1. The standard InChI is InChI=1S/C17H21N5O3/c1-11-19-17(25-21-11)13-4-2-7-18-15(13)22-8-6-12(10-22)20-16(23)14-5-3-9-24-14/h2,4,7,12,14H,3,5-6,8-10H2,1H3,(H,20,23). The molecule has 0 radical (unpaired) electrons. The third kappa shape index (κ3) is 3.34. The Morgan fingerprint density at radius 3 is 3.08 bits per heavy atom. The summed E-state index contributed by atoms with van der Waals surface area (Å²) in [6.07, 6.45) is 4.09. The van der Waals surface area contributed by atoms with Crippen molar-refractivity contribution >= 4 is 11.7 Å². The van der Waals surface area contributed by atoms with Gasteiger partial charge in [0, 0.05) is 31.9 Å². The molecule has 0 aliphatic carbocycles. The lowest BCUT2D eigenvalue weighted by molar-refractivity contribution is -0.130. The second kappa shape index (κ2) is 6.79. The van der Waals surface area contributed by atoms with Crippen molar-refractivity contribution < 1.29 is 14.1 Å². The van der Waals surface area contributed by atoms with E-state index in [0.717, 1.165) is 37.2 Å². The first-order valence-corrected chi connectivity index (χ1v) is 8.63. The maximum Gasteiger partial charge on any atom is 0.261 e. The maximum atomic E-state index is 12.2. The smallest absolute Gasteiger partial charge is 0.261 e. The number of anilines is 1. The van der Waals surface area contributed by atoms with Crippen molar-refractivity contribution in [1.82, 2.24) is 20.4 Å². The Hall–Kier alpha value is -2.48. The highest BCUT2D eigenvalue weighted by atomic mass is 16.5. The van der Waals surface area contributed by atoms with E-state index in [0.29, 0.717) is 24.9 Å². The lowest BCUT2D eigenvalue weighted by atomic mass is 10.2. The number of pyridine rings is 1. The van der Waals surface area contributed by atoms with E-state index in [1.807, 2.05) is 12.1 Å². The van der Waals surface area contributed by atoms with Crippen molar-refractivity contribution in [2.75, 3.05) is 24.6 Å². The van der Waals surface area contributed by atoms with Gasteiger partial charge in [-0.3, -0.25) is 4.79 Å². The van der Waals surface area contributed by atoms with Crippen molar-refractivity contribution in [3.05, 3.63) is 24.2 Å². The molecule has 0 saturated carbocycles. The maximum absolute atomic E-state index is 12.2. The van der Waals surface area contributed by atoms with Gasteiger partial charge in [0.1, 0.15) is 11.9 Å². The Labute approximate surface area is 145 Å². The molecule has 4 rings (SSSR count). The van der Waals surface area contributed by atoms with Gasteiger partial charge in [0.15, 0.2) is 5.82 Å². The number of ether oxygens (including phenoxy) is 1. The zero-order chi connectivity index (χ0) is 17.2.